The van der Waals surface area contributed by atoms with E-state index in [4.69, 9.17) is 17.3 Å². The van der Waals surface area contributed by atoms with E-state index in [1.807, 2.05) is 18.2 Å². The fourth-order valence-electron chi connectivity index (χ4n) is 2.21. The van der Waals surface area contributed by atoms with Crippen molar-refractivity contribution in [3.05, 3.63) is 34.9 Å². The fraction of sp³-hybridized carbons (Fsp3) is 0.500. The van der Waals surface area contributed by atoms with Crippen molar-refractivity contribution in [2.24, 2.45) is 5.73 Å². The van der Waals surface area contributed by atoms with Crippen molar-refractivity contribution < 1.29 is 4.39 Å². The second-order valence-electron chi connectivity index (χ2n) is 4.44. The van der Waals surface area contributed by atoms with Crippen LogP contribution in [0.25, 0.3) is 0 Å². The number of hydrogen-bond acceptors (Lipinski definition) is 1. The van der Waals surface area contributed by atoms with Crippen LogP contribution >= 0.6 is 11.6 Å². The van der Waals surface area contributed by atoms with Crippen molar-refractivity contribution >= 4 is 11.6 Å². The van der Waals surface area contributed by atoms with Crippen LogP contribution < -0.4 is 5.73 Å². The number of hydrogen-bond donors (Lipinski definition) is 1. The highest BCUT2D eigenvalue weighted by molar-refractivity contribution is 6.30. The summed E-state index contributed by atoms with van der Waals surface area (Å²) in [6, 6.07) is 7.36. The van der Waals surface area contributed by atoms with Gasteiger partial charge in [0.2, 0.25) is 0 Å². The van der Waals surface area contributed by atoms with Crippen LogP contribution in [0.3, 0.4) is 0 Å². The molecule has 2 unspecified atom stereocenters. The molecule has 0 spiro atoms. The van der Waals surface area contributed by atoms with E-state index in [0.717, 1.165) is 18.4 Å². The van der Waals surface area contributed by atoms with E-state index in [2.05, 4.69) is 0 Å². The molecule has 2 N–H and O–H groups in total. The van der Waals surface area contributed by atoms with Gasteiger partial charge in [0.15, 0.2) is 0 Å². The first-order chi connectivity index (χ1) is 7.03. The molecule has 1 aromatic rings. The lowest BCUT2D eigenvalue weighted by Crippen LogP contribution is -2.35. The molecule has 0 aromatic heterocycles. The maximum atomic E-state index is 13.6. The van der Waals surface area contributed by atoms with Gasteiger partial charge in [0.1, 0.15) is 6.17 Å². The molecule has 0 bridgehead atoms. The lowest BCUT2D eigenvalue weighted by molar-refractivity contribution is 0.269. The van der Waals surface area contributed by atoms with Crippen molar-refractivity contribution in [2.45, 2.75) is 37.4 Å². The summed E-state index contributed by atoms with van der Waals surface area (Å²) in [4.78, 5) is 0. The zero-order chi connectivity index (χ0) is 11.1. The van der Waals surface area contributed by atoms with Crippen molar-refractivity contribution in [1.29, 1.82) is 0 Å². The molecular weight excluding hydrogens is 213 g/mol. The molecule has 15 heavy (non-hydrogen) atoms. The minimum Gasteiger partial charge on any atom is -0.324 e. The predicted octanol–water partition coefficient (Wildman–Crippen LogP) is 3.27. The van der Waals surface area contributed by atoms with Crippen molar-refractivity contribution in [2.75, 3.05) is 0 Å². The summed E-state index contributed by atoms with van der Waals surface area (Å²) >= 11 is 5.90. The minimum absolute atomic E-state index is 0.226. The third kappa shape index (κ3) is 2.16. The van der Waals surface area contributed by atoms with Crippen LogP contribution in [0.2, 0.25) is 5.02 Å². The molecule has 3 heteroatoms. The Balaban J connectivity index is 2.33. The summed E-state index contributed by atoms with van der Waals surface area (Å²) in [5, 5.41) is 0.641. The smallest absolute Gasteiger partial charge is 0.106 e. The molecule has 82 valence electrons. The van der Waals surface area contributed by atoms with Crippen LogP contribution in [0, 0.1) is 0 Å². The van der Waals surface area contributed by atoms with E-state index in [1.54, 1.807) is 13.0 Å². The molecule has 1 fully saturated rings. The summed E-state index contributed by atoms with van der Waals surface area (Å²) in [6.45, 7) is 1.57. The highest BCUT2D eigenvalue weighted by atomic mass is 35.5. The zero-order valence-corrected chi connectivity index (χ0v) is 9.47. The summed E-state index contributed by atoms with van der Waals surface area (Å²) in [7, 11) is 0. The minimum atomic E-state index is -0.934. The average molecular weight is 228 g/mol. The van der Waals surface area contributed by atoms with Gasteiger partial charge in [0, 0.05) is 16.5 Å². The lowest BCUT2D eigenvalue weighted by Gasteiger charge is -2.25. The normalized spacial score (nSPS) is 22.1. The first kappa shape index (κ1) is 10.9. The molecule has 0 amide bonds. The Labute approximate surface area is 94.4 Å². The maximum absolute atomic E-state index is 13.6. The fourth-order valence-corrected chi connectivity index (χ4v) is 2.41. The van der Waals surface area contributed by atoms with Gasteiger partial charge in [-0.25, -0.2) is 4.39 Å². The SMILES string of the molecule is CC(F)C(c1cccc(Cl)c1)C1(N)CC1. The molecule has 0 aliphatic heterocycles. The molecular formula is C12H15ClFN. The summed E-state index contributed by atoms with van der Waals surface area (Å²) in [5.41, 5.74) is 6.66. The van der Waals surface area contributed by atoms with Crippen molar-refractivity contribution in [1.82, 2.24) is 0 Å². The average Bonchev–Trinajstić information content (AvgIpc) is 2.83. The standard InChI is InChI=1S/C12H15ClFN/c1-8(14)11(12(15)5-6-12)9-3-2-4-10(13)7-9/h2-4,7-8,11H,5-6,15H2,1H3. The van der Waals surface area contributed by atoms with Gasteiger partial charge in [-0.2, -0.15) is 0 Å². The van der Waals surface area contributed by atoms with Crippen LogP contribution in [0.1, 0.15) is 31.2 Å². The molecule has 1 saturated carbocycles. The quantitative estimate of drug-likeness (QED) is 0.843. The summed E-state index contributed by atoms with van der Waals surface area (Å²) in [5.74, 6) is -0.226. The van der Waals surface area contributed by atoms with E-state index in [1.165, 1.54) is 0 Å². The molecule has 2 atom stereocenters. The molecule has 1 aliphatic carbocycles. The van der Waals surface area contributed by atoms with Gasteiger partial charge >= 0.3 is 0 Å². The molecule has 1 aromatic carbocycles. The van der Waals surface area contributed by atoms with E-state index < -0.39 is 6.17 Å². The van der Waals surface area contributed by atoms with E-state index in [0.29, 0.717) is 5.02 Å². The first-order valence-electron chi connectivity index (χ1n) is 5.21. The summed E-state index contributed by atoms with van der Waals surface area (Å²) in [6.07, 6.45) is 0.868. The topological polar surface area (TPSA) is 26.0 Å². The van der Waals surface area contributed by atoms with Crippen LogP contribution in [-0.2, 0) is 0 Å². The second-order valence-corrected chi connectivity index (χ2v) is 4.88. The Morgan fingerprint density at radius 2 is 2.13 bits per heavy atom. The number of benzene rings is 1. The van der Waals surface area contributed by atoms with Crippen LogP contribution in [0.4, 0.5) is 4.39 Å². The number of halogens is 2. The van der Waals surface area contributed by atoms with Gasteiger partial charge in [-0.1, -0.05) is 23.7 Å². The molecule has 0 saturated heterocycles. The second kappa shape index (κ2) is 3.76. The highest BCUT2D eigenvalue weighted by Gasteiger charge is 2.48. The number of nitrogens with two attached hydrogens (primary N) is 1. The van der Waals surface area contributed by atoms with Gasteiger partial charge in [-0.3, -0.25) is 0 Å². The number of alkyl halides is 1. The third-order valence-electron chi connectivity index (χ3n) is 3.11. The van der Waals surface area contributed by atoms with Gasteiger partial charge in [0.25, 0.3) is 0 Å². The highest BCUT2D eigenvalue weighted by Crippen LogP contribution is 2.47. The Morgan fingerprint density at radius 1 is 1.47 bits per heavy atom. The molecule has 1 nitrogen and oxygen atoms in total. The van der Waals surface area contributed by atoms with Crippen molar-refractivity contribution in [3.8, 4) is 0 Å². The first-order valence-corrected chi connectivity index (χ1v) is 5.59. The van der Waals surface area contributed by atoms with Crippen LogP contribution in [0.5, 0.6) is 0 Å². The van der Waals surface area contributed by atoms with Crippen LogP contribution in [0.15, 0.2) is 24.3 Å². The summed E-state index contributed by atoms with van der Waals surface area (Å²) < 4.78 is 13.6. The largest absolute Gasteiger partial charge is 0.324 e. The lowest BCUT2D eigenvalue weighted by atomic mass is 9.86. The molecule has 2 rings (SSSR count). The van der Waals surface area contributed by atoms with Gasteiger partial charge in [-0.15, -0.1) is 0 Å². The number of rotatable bonds is 3. The Morgan fingerprint density at radius 3 is 2.60 bits per heavy atom. The van der Waals surface area contributed by atoms with Crippen molar-refractivity contribution in [3.63, 3.8) is 0 Å². The van der Waals surface area contributed by atoms with Gasteiger partial charge in [0.05, 0.1) is 0 Å². The van der Waals surface area contributed by atoms with Gasteiger partial charge < -0.3 is 5.73 Å². The van der Waals surface area contributed by atoms with Crippen LogP contribution in [-0.4, -0.2) is 11.7 Å². The van der Waals surface area contributed by atoms with E-state index in [-0.39, 0.29) is 11.5 Å². The molecule has 0 heterocycles. The maximum Gasteiger partial charge on any atom is 0.106 e. The third-order valence-corrected chi connectivity index (χ3v) is 3.35. The molecule has 1 aliphatic rings. The van der Waals surface area contributed by atoms with E-state index in [9.17, 15) is 4.39 Å². The predicted molar refractivity (Wildman–Crippen MR) is 60.9 cm³/mol. The van der Waals surface area contributed by atoms with E-state index >= 15 is 0 Å². The van der Waals surface area contributed by atoms with Gasteiger partial charge in [-0.05, 0) is 37.5 Å². The monoisotopic (exact) mass is 227 g/mol. The Bertz CT molecular complexity index is 360. The zero-order valence-electron chi connectivity index (χ0n) is 8.71. The Hall–Kier alpha value is -0.600. The Kier molecular flexibility index (Phi) is 2.73. The molecule has 0 radical (unpaired) electrons.